The Morgan fingerprint density at radius 2 is 1.63 bits per heavy atom. The normalized spacial score (nSPS) is 20.5. The van der Waals surface area contributed by atoms with E-state index in [-0.39, 0.29) is 11.4 Å². The van der Waals surface area contributed by atoms with Gasteiger partial charge in [0.2, 0.25) is 5.91 Å². The monoisotopic (exact) mass is 517 g/mol. The fraction of sp³-hybridized carbons (Fsp3) is 0.286. The molecule has 0 N–H and O–H groups in total. The van der Waals surface area contributed by atoms with Crippen LogP contribution < -0.4 is 19.4 Å². The van der Waals surface area contributed by atoms with Crippen LogP contribution in [0.15, 0.2) is 72.8 Å². The number of nitro benzene ring substituents is 1. The molecule has 0 radical (unpaired) electrons. The van der Waals surface area contributed by atoms with Crippen molar-refractivity contribution in [2.75, 3.05) is 23.2 Å². The number of fused-ring (bicyclic) bond motifs is 1. The van der Waals surface area contributed by atoms with Gasteiger partial charge in [-0.2, -0.15) is 0 Å². The third-order valence-electron chi connectivity index (χ3n) is 6.52. The molecule has 2 fully saturated rings. The summed E-state index contributed by atoms with van der Waals surface area (Å²) < 4.78 is 11.7. The van der Waals surface area contributed by atoms with E-state index in [0.29, 0.717) is 30.4 Å². The Hall–Kier alpha value is -4.44. The van der Waals surface area contributed by atoms with Crippen LogP contribution in [-0.4, -0.2) is 36.1 Å². The fourth-order valence-electron chi connectivity index (χ4n) is 4.84. The largest absolute Gasteiger partial charge is 0.490 e. The molecule has 10 nitrogen and oxygen atoms in total. The number of non-ortho nitro benzene ring substituents is 1. The van der Waals surface area contributed by atoms with Gasteiger partial charge < -0.3 is 9.47 Å². The molecule has 3 unspecified atom stereocenters. The van der Waals surface area contributed by atoms with E-state index < -0.39 is 34.8 Å². The topological polar surface area (TPSA) is 111 Å². The Labute approximate surface area is 219 Å². The predicted molar refractivity (Wildman–Crippen MR) is 139 cm³/mol. The second-order valence-electron chi connectivity index (χ2n) is 8.93. The number of hydroxylamine groups is 1. The van der Waals surface area contributed by atoms with Crippen LogP contribution in [-0.2, 0) is 14.4 Å². The van der Waals surface area contributed by atoms with Crippen LogP contribution in [0.5, 0.6) is 11.5 Å². The quantitative estimate of drug-likeness (QED) is 0.225. The van der Waals surface area contributed by atoms with E-state index in [1.54, 1.807) is 5.06 Å². The number of amides is 2. The average molecular weight is 518 g/mol. The first kappa shape index (κ1) is 25.2. The smallest absolute Gasteiger partial charge is 0.269 e. The number of benzene rings is 3. The molecular weight excluding hydrogens is 490 g/mol. The standard InChI is InChI=1S/C28H27N3O7/c1-3-16-37-22-15-10-18(17-23(22)36-4-2)25-24-26(38-30(25)20-8-6-5-7-9-20)28(33)29(27(24)32)19-11-13-21(14-12-19)31(34)35/h5-15,17,24-26H,3-4,16H2,1-2H3. The zero-order valence-electron chi connectivity index (χ0n) is 21.0. The highest BCUT2D eigenvalue weighted by Gasteiger charge is 2.60. The van der Waals surface area contributed by atoms with Gasteiger partial charge in [0.05, 0.1) is 35.6 Å². The number of para-hydroxylation sites is 1. The molecule has 2 aliphatic rings. The van der Waals surface area contributed by atoms with Gasteiger partial charge in [0, 0.05) is 12.1 Å². The van der Waals surface area contributed by atoms with E-state index in [2.05, 4.69) is 0 Å². The van der Waals surface area contributed by atoms with Gasteiger partial charge in [0.15, 0.2) is 17.6 Å². The van der Waals surface area contributed by atoms with Crippen molar-refractivity contribution in [1.29, 1.82) is 0 Å². The van der Waals surface area contributed by atoms with Crippen LogP contribution in [0.25, 0.3) is 0 Å². The molecule has 2 heterocycles. The van der Waals surface area contributed by atoms with Crippen molar-refractivity contribution < 1.29 is 28.8 Å². The first-order valence-corrected chi connectivity index (χ1v) is 12.5. The molecule has 0 bridgehead atoms. The highest BCUT2D eigenvalue weighted by atomic mass is 16.7. The van der Waals surface area contributed by atoms with Crippen molar-refractivity contribution in [2.24, 2.45) is 5.92 Å². The summed E-state index contributed by atoms with van der Waals surface area (Å²) in [7, 11) is 0. The summed E-state index contributed by atoms with van der Waals surface area (Å²) in [6.45, 7) is 4.85. The zero-order valence-corrected chi connectivity index (χ0v) is 21.0. The first-order valence-electron chi connectivity index (χ1n) is 12.5. The highest BCUT2D eigenvalue weighted by molar-refractivity contribution is 6.24. The van der Waals surface area contributed by atoms with Gasteiger partial charge in [-0.05, 0) is 55.3 Å². The summed E-state index contributed by atoms with van der Waals surface area (Å²) in [5.74, 6) is -0.680. The van der Waals surface area contributed by atoms with E-state index in [0.717, 1.165) is 16.9 Å². The SMILES string of the molecule is CCCOc1ccc(C2C3C(=O)N(c4ccc([N+](=O)[O-])cc4)C(=O)C3ON2c2ccccc2)cc1OCC. The summed E-state index contributed by atoms with van der Waals surface area (Å²) in [4.78, 5) is 45.0. The Morgan fingerprint density at radius 1 is 0.895 bits per heavy atom. The molecule has 196 valence electrons. The molecule has 3 atom stereocenters. The number of imide groups is 1. The maximum atomic E-state index is 13.8. The number of nitro groups is 1. The van der Waals surface area contributed by atoms with Crippen molar-refractivity contribution in [3.05, 3.63) is 88.5 Å². The maximum absolute atomic E-state index is 13.8. The van der Waals surface area contributed by atoms with Gasteiger partial charge in [-0.25, -0.2) is 9.96 Å². The van der Waals surface area contributed by atoms with Crippen LogP contribution in [0.1, 0.15) is 31.9 Å². The van der Waals surface area contributed by atoms with Gasteiger partial charge in [-0.1, -0.05) is 31.2 Å². The Morgan fingerprint density at radius 3 is 2.29 bits per heavy atom. The van der Waals surface area contributed by atoms with Crippen LogP contribution in [0.4, 0.5) is 17.1 Å². The molecule has 2 saturated heterocycles. The zero-order chi connectivity index (χ0) is 26.8. The molecule has 5 rings (SSSR count). The molecule has 3 aromatic carbocycles. The van der Waals surface area contributed by atoms with Crippen molar-refractivity contribution in [1.82, 2.24) is 0 Å². The van der Waals surface area contributed by atoms with Crippen molar-refractivity contribution in [3.8, 4) is 11.5 Å². The molecule has 0 spiro atoms. The molecule has 38 heavy (non-hydrogen) atoms. The van der Waals surface area contributed by atoms with Gasteiger partial charge in [-0.3, -0.25) is 24.5 Å². The number of ether oxygens (including phenoxy) is 2. The van der Waals surface area contributed by atoms with E-state index >= 15 is 0 Å². The lowest BCUT2D eigenvalue weighted by molar-refractivity contribution is -0.384. The summed E-state index contributed by atoms with van der Waals surface area (Å²) >= 11 is 0. The number of hydrogen-bond acceptors (Lipinski definition) is 8. The van der Waals surface area contributed by atoms with Crippen LogP contribution in [0.3, 0.4) is 0 Å². The molecule has 0 aromatic heterocycles. The number of hydrogen-bond donors (Lipinski definition) is 0. The average Bonchev–Trinajstić information content (AvgIpc) is 3.44. The van der Waals surface area contributed by atoms with Gasteiger partial charge in [0.25, 0.3) is 11.6 Å². The summed E-state index contributed by atoms with van der Waals surface area (Å²) in [6.07, 6.45) is -0.223. The third-order valence-corrected chi connectivity index (χ3v) is 6.52. The Kier molecular flexibility index (Phi) is 6.97. The number of carbonyl (C=O) groups is 2. The van der Waals surface area contributed by atoms with Gasteiger partial charge in [-0.15, -0.1) is 0 Å². The van der Waals surface area contributed by atoms with E-state index in [4.69, 9.17) is 14.3 Å². The summed E-state index contributed by atoms with van der Waals surface area (Å²) in [6, 6.07) is 19.4. The molecule has 10 heteroatoms. The second kappa shape index (κ2) is 10.5. The molecule has 2 aliphatic heterocycles. The lowest BCUT2D eigenvalue weighted by Gasteiger charge is -2.29. The number of rotatable bonds is 9. The number of nitrogens with zero attached hydrogens (tertiary/aromatic N) is 3. The fourth-order valence-corrected chi connectivity index (χ4v) is 4.84. The molecular formula is C28H27N3O7. The third kappa shape index (κ3) is 4.43. The van der Waals surface area contributed by atoms with Crippen LogP contribution in [0.2, 0.25) is 0 Å². The first-order chi connectivity index (χ1) is 18.4. The number of carbonyl (C=O) groups excluding carboxylic acids is 2. The molecule has 0 saturated carbocycles. The molecule has 0 aliphatic carbocycles. The van der Waals surface area contributed by atoms with Crippen molar-refractivity contribution >= 4 is 28.9 Å². The minimum atomic E-state index is -1.06. The molecule has 3 aromatic rings. The van der Waals surface area contributed by atoms with Crippen LogP contribution >= 0.6 is 0 Å². The molecule has 2 amide bonds. The van der Waals surface area contributed by atoms with E-state index in [1.165, 1.54) is 24.3 Å². The van der Waals surface area contributed by atoms with Crippen molar-refractivity contribution in [2.45, 2.75) is 32.4 Å². The lowest BCUT2D eigenvalue weighted by atomic mass is 9.90. The maximum Gasteiger partial charge on any atom is 0.269 e. The Bertz CT molecular complexity index is 1350. The predicted octanol–water partition coefficient (Wildman–Crippen LogP) is 4.83. The van der Waals surface area contributed by atoms with Crippen LogP contribution in [0, 0.1) is 16.0 Å². The highest BCUT2D eigenvalue weighted by Crippen LogP contribution is 2.48. The minimum Gasteiger partial charge on any atom is -0.490 e. The van der Waals surface area contributed by atoms with E-state index in [9.17, 15) is 19.7 Å². The Balaban J connectivity index is 1.55. The number of anilines is 2. The van der Waals surface area contributed by atoms with Gasteiger partial charge in [0.1, 0.15) is 5.92 Å². The summed E-state index contributed by atoms with van der Waals surface area (Å²) in [5.41, 5.74) is 1.54. The second-order valence-corrected chi connectivity index (χ2v) is 8.93. The van der Waals surface area contributed by atoms with E-state index in [1.807, 2.05) is 62.4 Å². The van der Waals surface area contributed by atoms with Crippen molar-refractivity contribution in [3.63, 3.8) is 0 Å². The van der Waals surface area contributed by atoms with Gasteiger partial charge >= 0.3 is 0 Å². The summed E-state index contributed by atoms with van der Waals surface area (Å²) in [5, 5.41) is 12.7. The lowest BCUT2D eigenvalue weighted by Crippen LogP contribution is -2.37. The minimum absolute atomic E-state index is 0.133.